The molecule has 388 valence electrons. The third kappa shape index (κ3) is 53.9. The second-order valence-corrected chi connectivity index (χ2v) is 19.2. The summed E-state index contributed by atoms with van der Waals surface area (Å²) < 4.78 is 16.8. The number of esters is 3. The van der Waals surface area contributed by atoms with Gasteiger partial charge in [-0.05, 0) is 89.9 Å². The number of allylic oxidation sites excluding steroid dienone is 10. The van der Waals surface area contributed by atoms with Gasteiger partial charge < -0.3 is 14.2 Å². The van der Waals surface area contributed by atoms with Crippen molar-refractivity contribution in [3.05, 3.63) is 60.8 Å². The smallest absolute Gasteiger partial charge is 0.306 e. The summed E-state index contributed by atoms with van der Waals surface area (Å²) in [5.41, 5.74) is 0. The van der Waals surface area contributed by atoms with Crippen LogP contribution in [-0.4, -0.2) is 37.2 Å². The van der Waals surface area contributed by atoms with Crippen LogP contribution in [0.1, 0.15) is 290 Å². The molecule has 0 spiro atoms. The Bertz CT molecular complexity index is 1210. The Morgan fingerprint density at radius 2 is 0.537 bits per heavy atom. The van der Waals surface area contributed by atoms with Crippen LogP contribution in [0.4, 0.5) is 0 Å². The molecular formula is C61H108O6. The van der Waals surface area contributed by atoms with Gasteiger partial charge in [0.2, 0.25) is 0 Å². The zero-order chi connectivity index (χ0) is 48.6. The van der Waals surface area contributed by atoms with Gasteiger partial charge in [-0.1, -0.05) is 242 Å². The lowest BCUT2D eigenvalue weighted by atomic mass is 10.0. The molecule has 67 heavy (non-hydrogen) atoms. The molecule has 0 aromatic carbocycles. The highest BCUT2D eigenvalue weighted by atomic mass is 16.6. The van der Waals surface area contributed by atoms with Crippen molar-refractivity contribution in [2.75, 3.05) is 13.2 Å². The van der Waals surface area contributed by atoms with Crippen LogP contribution in [0.3, 0.4) is 0 Å². The minimum atomic E-state index is -0.789. The van der Waals surface area contributed by atoms with Crippen LogP contribution in [0.25, 0.3) is 0 Å². The number of rotatable bonds is 52. The fourth-order valence-corrected chi connectivity index (χ4v) is 8.13. The van der Waals surface area contributed by atoms with Crippen molar-refractivity contribution in [1.29, 1.82) is 0 Å². The van der Waals surface area contributed by atoms with E-state index < -0.39 is 6.10 Å². The SMILES string of the molecule is CCCCC/C=C\C/C=C\C/C=C\C/C=C\CCCCCC(=O)OC[C@H](COC(=O)CCCCCCC/C=C\CCCCCC)OC(=O)CCCCCCCCCCCCCCCCCCC. The van der Waals surface area contributed by atoms with Gasteiger partial charge >= 0.3 is 17.9 Å². The van der Waals surface area contributed by atoms with Crippen LogP contribution in [0, 0.1) is 0 Å². The first-order valence-electron chi connectivity index (χ1n) is 28.8. The Morgan fingerprint density at radius 3 is 0.910 bits per heavy atom. The highest BCUT2D eigenvalue weighted by Crippen LogP contribution is 2.16. The van der Waals surface area contributed by atoms with Gasteiger partial charge in [-0.25, -0.2) is 0 Å². The molecular weight excluding hydrogens is 829 g/mol. The Balaban J connectivity index is 4.41. The fourth-order valence-electron chi connectivity index (χ4n) is 8.13. The van der Waals surface area contributed by atoms with E-state index >= 15 is 0 Å². The zero-order valence-electron chi connectivity index (χ0n) is 44.4. The molecule has 6 heteroatoms. The van der Waals surface area contributed by atoms with Gasteiger partial charge in [0.25, 0.3) is 0 Å². The molecule has 0 aromatic heterocycles. The number of hydrogen-bond acceptors (Lipinski definition) is 6. The van der Waals surface area contributed by atoms with E-state index in [-0.39, 0.29) is 31.1 Å². The van der Waals surface area contributed by atoms with E-state index in [1.54, 1.807) is 0 Å². The average Bonchev–Trinajstić information content (AvgIpc) is 3.33. The lowest BCUT2D eigenvalue weighted by Gasteiger charge is -2.18. The normalized spacial score (nSPS) is 12.5. The summed E-state index contributed by atoms with van der Waals surface area (Å²) in [6.07, 6.45) is 69.2. The summed E-state index contributed by atoms with van der Waals surface area (Å²) in [4.78, 5) is 38.1. The highest BCUT2D eigenvalue weighted by Gasteiger charge is 2.19. The van der Waals surface area contributed by atoms with Crippen LogP contribution >= 0.6 is 0 Å². The maximum absolute atomic E-state index is 12.9. The van der Waals surface area contributed by atoms with Gasteiger partial charge in [-0.2, -0.15) is 0 Å². The Morgan fingerprint density at radius 1 is 0.299 bits per heavy atom. The highest BCUT2D eigenvalue weighted by molar-refractivity contribution is 5.71. The van der Waals surface area contributed by atoms with Crippen LogP contribution in [0.5, 0.6) is 0 Å². The van der Waals surface area contributed by atoms with Gasteiger partial charge in [-0.15, -0.1) is 0 Å². The molecule has 0 bridgehead atoms. The summed E-state index contributed by atoms with van der Waals surface area (Å²) in [6, 6.07) is 0. The summed E-state index contributed by atoms with van der Waals surface area (Å²) >= 11 is 0. The van der Waals surface area contributed by atoms with Crippen molar-refractivity contribution in [3.8, 4) is 0 Å². The Kier molecular flexibility index (Phi) is 53.3. The Labute approximate surface area is 415 Å². The third-order valence-electron chi connectivity index (χ3n) is 12.5. The third-order valence-corrected chi connectivity index (χ3v) is 12.5. The van der Waals surface area contributed by atoms with E-state index in [1.165, 1.54) is 161 Å². The van der Waals surface area contributed by atoms with E-state index in [2.05, 4.69) is 81.5 Å². The predicted octanol–water partition coefficient (Wildman–Crippen LogP) is 19.2. The van der Waals surface area contributed by atoms with Crippen molar-refractivity contribution in [2.45, 2.75) is 297 Å². The Hall–Kier alpha value is -2.89. The second-order valence-electron chi connectivity index (χ2n) is 19.2. The van der Waals surface area contributed by atoms with Crippen molar-refractivity contribution in [3.63, 3.8) is 0 Å². The van der Waals surface area contributed by atoms with E-state index in [9.17, 15) is 14.4 Å². The molecule has 6 nitrogen and oxygen atoms in total. The topological polar surface area (TPSA) is 78.9 Å². The maximum atomic E-state index is 12.9. The molecule has 1 atom stereocenters. The first kappa shape index (κ1) is 64.1. The molecule has 0 aliphatic heterocycles. The second kappa shape index (κ2) is 55.7. The number of hydrogen-bond donors (Lipinski definition) is 0. The summed E-state index contributed by atoms with van der Waals surface area (Å²) in [6.45, 7) is 6.59. The number of ether oxygens (including phenoxy) is 3. The van der Waals surface area contributed by atoms with Crippen LogP contribution in [0.15, 0.2) is 60.8 Å². The lowest BCUT2D eigenvalue weighted by Crippen LogP contribution is -2.30. The van der Waals surface area contributed by atoms with Gasteiger partial charge in [-0.3, -0.25) is 14.4 Å². The van der Waals surface area contributed by atoms with Gasteiger partial charge in [0.1, 0.15) is 13.2 Å². The summed E-state index contributed by atoms with van der Waals surface area (Å²) in [5.74, 6) is -0.914. The zero-order valence-corrected chi connectivity index (χ0v) is 44.4. The molecule has 0 amide bonds. The first-order chi connectivity index (χ1) is 33.0. The summed E-state index contributed by atoms with van der Waals surface area (Å²) in [7, 11) is 0. The van der Waals surface area contributed by atoms with Crippen LogP contribution in [0.2, 0.25) is 0 Å². The van der Waals surface area contributed by atoms with Crippen molar-refractivity contribution >= 4 is 17.9 Å². The van der Waals surface area contributed by atoms with E-state index in [1.807, 2.05) is 0 Å². The van der Waals surface area contributed by atoms with Crippen molar-refractivity contribution in [2.24, 2.45) is 0 Å². The van der Waals surface area contributed by atoms with Gasteiger partial charge in [0.05, 0.1) is 0 Å². The predicted molar refractivity (Wildman–Crippen MR) is 288 cm³/mol. The number of unbranched alkanes of at least 4 members (excludes halogenated alkanes) is 31. The molecule has 0 saturated heterocycles. The molecule has 0 fully saturated rings. The van der Waals surface area contributed by atoms with Crippen molar-refractivity contribution in [1.82, 2.24) is 0 Å². The summed E-state index contributed by atoms with van der Waals surface area (Å²) in [5, 5.41) is 0. The molecule has 0 heterocycles. The molecule has 0 N–H and O–H groups in total. The lowest BCUT2D eigenvalue weighted by molar-refractivity contribution is -0.167. The van der Waals surface area contributed by atoms with E-state index in [0.717, 1.165) is 89.9 Å². The van der Waals surface area contributed by atoms with Gasteiger partial charge in [0, 0.05) is 19.3 Å². The van der Waals surface area contributed by atoms with E-state index in [4.69, 9.17) is 14.2 Å². The van der Waals surface area contributed by atoms with Crippen LogP contribution < -0.4 is 0 Å². The monoisotopic (exact) mass is 937 g/mol. The maximum Gasteiger partial charge on any atom is 0.306 e. The average molecular weight is 938 g/mol. The van der Waals surface area contributed by atoms with Gasteiger partial charge in [0.15, 0.2) is 6.10 Å². The molecule has 0 radical (unpaired) electrons. The largest absolute Gasteiger partial charge is 0.462 e. The fraction of sp³-hybridized carbons (Fsp3) is 0.787. The van der Waals surface area contributed by atoms with Crippen molar-refractivity contribution < 1.29 is 28.6 Å². The molecule has 0 saturated carbocycles. The minimum Gasteiger partial charge on any atom is -0.462 e. The molecule has 0 aliphatic carbocycles. The molecule has 0 aromatic rings. The molecule has 0 unspecified atom stereocenters. The van der Waals surface area contributed by atoms with Crippen LogP contribution in [-0.2, 0) is 28.6 Å². The van der Waals surface area contributed by atoms with E-state index in [0.29, 0.717) is 19.3 Å². The molecule has 0 aliphatic rings. The quantitative estimate of drug-likeness (QED) is 0.0262. The number of carbonyl (C=O) groups is 3. The minimum absolute atomic E-state index is 0.0866. The number of carbonyl (C=O) groups excluding carboxylic acids is 3. The first-order valence-corrected chi connectivity index (χ1v) is 28.8. The standard InChI is InChI=1S/C61H108O6/c1-4-7-10-13-16-19-22-25-27-29-30-32-33-36-39-42-45-48-51-54-60(63)66-57-58(56-65-59(62)53-50-47-44-41-38-35-24-21-18-15-12-9-6-3)67-61(64)55-52-49-46-43-40-37-34-31-28-26-23-20-17-14-11-8-5-2/h16,19,21,24-25,27,30,32,36,39,58H,4-15,17-18,20,22-23,26,28-29,31,33-35,37-38,40-57H2,1-3H3/b19-16-,24-21-,27-25-,32-30-,39-36-/t58-/m0/s1. The molecule has 0 rings (SSSR count).